The van der Waals surface area contributed by atoms with E-state index < -0.39 is 24.5 Å². The van der Waals surface area contributed by atoms with Crippen molar-refractivity contribution in [3.05, 3.63) is 25.3 Å². The van der Waals surface area contributed by atoms with Gasteiger partial charge in [-0.3, -0.25) is 0 Å². The molecule has 110 valence electrons. The minimum Gasteiger partial charge on any atom is -0.433 e. The molecule has 0 aliphatic heterocycles. The summed E-state index contributed by atoms with van der Waals surface area (Å²) < 4.78 is 18.8. The van der Waals surface area contributed by atoms with Crippen LogP contribution in [0.25, 0.3) is 0 Å². The number of carbonyl (C=O) groups excluding carboxylic acids is 2. The Morgan fingerprint density at radius 2 is 1.47 bits per heavy atom. The lowest BCUT2D eigenvalue weighted by molar-refractivity contribution is -0.168. The molecule has 0 aromatic rings. The van der Waals surface area contributed by atoms with Crippen molar-refractivity contribution in [1.29, 1.82) is 0 Å². The molecule has 0 N–H and O–H groups in total. The Bertz CT molecular complexity index is 287. The van der Waals surface area contributed by atoms with Crippen LogP contribution in [0, 0.1) is 0 Å². The molecule has 0 aliphatic rings. The second-order valence-electron chi connectivity index (χ2n) is 3.11. The number of ether oxygens (including phenoxy) is 4. The highest BCUT2D eigenvalue weighted by Crippen LogP contribution is 1.93. The van der Waals surface area contributed by atoms with E-state index >= 15 is 0 Å². The van der Waals surface area contributed by atoms with Crippen LogP contribution in [0.5, 0.6) is 0 Å². The van der Waals surface area contributed by atoms with Gasteiger partial charge in [-0.05, 0) is 20.8 Å². The number of hydrogen-bond acceptors (Lipinski definition) is 6. The first kappa shape index (κ1) is 19.7. The summed E-state index contributed by atoms with van der Waals surface area (Å²) in [5, 5.41) is 0. The summed E-state index contributed by atoms with van der Waals surface area (Å²) in [6.45, 7) is 12.1. The SMILES string of the molecule is C=CC(=O)OC(C)OC.C=CC(=O)OC(C)OCC. The van der Waals surface area contributed by atoms with Crippen molar-refractivity contribution in [2.75, 3.05) is 13.7 Å². The first-order valence-corrected chi connectivity index (χ1v) is 5.71. The smallest absolute Gasteiger partial charge is 0.332 e. The van der Waals surface area contributed by atoms with E-state index in [2.05, 4.69) is 27.4 Å². The summed E-state index contributed by atoms with van der Waals surface area (Å²) in [7, 11) is 1.46. The zero-order valence-electron chi connectivity index (χ0n) is 11.9. The van der Waals surface area contributed by atoms with Crippen molar-refractivity contribution in [3.8, 4) is 0 Å². The van der Waals surface area contributed by atoms with Gasteiger partial charge in [0.15, 0.2) is 12.6 Å². The topological polar surface area (TPSA) is 71.1 Å². The van der Waals surface area contributed by atoms with Gasteiger partial charge in [0, 0.05) is 25.9 Å². The maximum atomic E-state index is 10.5. The van der Waals surface area contributed by atoms with Gasteiger partial charge in [0.05, 0.1) is 0 Å². The van der Waals surface area contributed by atoms with Crippen molar-refractivity contribution < 1.29 is 28.5 Å². The van der Waals surface area contributed by atoms with E-state index in [1.807, 2.05) is 6.92 Å². The van der Waals surface area contributed by atoms with Crippen LogP contribution < -0.4 is 0 Å². The van der Waals surface area contributed by atoms with Crippen LogP contribution in [0.3, 0.4) is 0 Å². The van der Waals surface area contributed by atoms with Gasteiger partial charge in [-0.15, -0.1) is 0 Å². The highest BCUT2D eigenvalue weighted by molar-refractivity contribution is 5.81. The summed E-state index contributed by atoms with van der Waals surface area (Å²) in [4.78, 5) is 20.8. The van der Waals surface area contributed by atoms with Crippen LogP contribution in [0.15, 0.2) is 25.3 Å². The second kappa shape index (κ2) is 12.8. The molecule has 19 heavy (non-hydrogen) atoms. The van der Waals surface area contributed by atoms with Gasteiger partial charge in [-0.1, -0.05) is 13.2 Å². The zero-order valence-corrected chi connectivity index (χ0v) is 11.9. The monoisotopic (exact) mass is 274 g/mol. The molecule has 2 atom stereocenters. The summed E-state index contributed by atoms with van der Waals surface area (Å²) in [5.41, 5.74) is 0. The molecule has 0 aromatic carbocycles. The van der Waals surface area contributed by atoms with Gasteiger partial charge < -0.3 is 18.9 Å². The van der Waals surface area contributed by atoms with Crippen molar-refractivity contribution in [2.24, 2.45) is 0 Å². The molecule has 0 saturated carbocycles. The fraction of sp³-hybridized carbons (Fsp3) is 0.538. The molecule has 0 spiro atoms. The first-order chi connectivity index (χ1) is 8.90. The number of esters is 2. The third kappa shape index (κ3) is 14.3. The Balaban J connectivity index is 0. The average Bonchev–Trinajstić information content (AvgIpc) is 2.39. The molecular formula is C13H22O6. The fourth-order valence-electron chi connectivity index (χ4n) is 0.740. The summed E-state index contributed by atoms with van der Waals surface area (Å²) in [6, 6.07) is 0. The van der Waals surface area contributed by atoms with Crippen LogP contribution in [-0.2, 0) is 28.5 Å². The number of rotatable bonds is 7. The van der Waals surface area contributed by atoms with Gasteiger partial charge in [0.25, 0.3) is 0 Å². The zero-order chi connectivity index (χ0) is 15.3. The maximum absolute atomic E-state index is 10.5. The Morgan fingerprint density at radius 3 is 1.79 bits per heavy atom. The van der Waals surface area contributed by atoms with Crippen LogP contribution in [-0.4, -0.2) is 38.2 Å². The Labute approximate surface area is 114 Å². The van der Waals surface area contributed by atoms with Gasteiger partial charge in [0.2, 0.25) is 0 Å². The third-order valence-electron chi connectivity index (χ3n) is 1.63. The van der Waals surface area contributed by atoms with Crippen LogP contribution in [0.1, 0.15) is 20.8 Å². The normalized spacial score (nSPS) is 12.2. The van der Waals surface area contributed by atoms with Crippen LogP contribution in [0.2, 0.25) is 0 Å². The van der Waals surface area contributed by atoms with Crippen molar-refractivity contribution in [1.82, 2.24) is 0 Å². The van der Waals surface area contributed by atoms with Crippen LogP contribution >= 0.6 is 0 Å². The predicted molar refractivity (Wildman–Crippen MR) is 70.1 cm³/mol. The van der Waals surface area contributed by atoms with Crippen molar-refractivity contribution >= 4 is 11.9 Å². The summed E-state index contributed by atoms with van der Waals surface area (Å²) >= 11 is 0. The summed E-state index contributed by atoms with van der Waals surface area (Å²) in [6.07, 6.45) is 1.23. The quantitative estimate of drug-likeness (QED) is 0.400. The average molecular weight is 274 g/mol. The Hall–Kier alpha value is -1.66. The molecule has 0 aromatic heterocycles. The standard InChI is InChI=1S/C7H12O3.C6H10O3/c1-4-7(8)10-6(3)9-5-2;1-4-6(7)9-5(2)8-3/h4,6H,1,5H2,2-3H3;4-5H,1H2,2-3H3. The maximum Gasteiger partial charge on any atom is 0.332 e. The van der Waals surface area contributed by atoms with Crippen molar-refractivity contribution in [3.63, 3.8) is 0 Å². The Kier molecular flexibility index (Phi) is 13.2. The molecule has 2 unspecified atom stereocenters. The molecular weight excluding hydrogens is 252 g/mol. The van der Waals surface area contributed by atoms with Gasteiger partial charge in [0.1, 0.15) is 0 Å². The molecule has 0 fully saturated rings. The molecule has 0 saturated heterocycles. The lowest BCUT2D eigenvalue weighted by Crippen LogP contribution is -2.16. The van der Waals surface area contributed by atoms with E-state index in [9.17, 15) is 9.59 Å². The van der Waals surface area contributed by atoms with E-state index in [-0.39, 0.29) is 0 Å². The largest absolute Gasteiger partial charge is 0.433 e. The van der Waals surface area contributed by atoms with E-state index in [0.29, 0.717) is 6.61 Å². The molecule has 6 nitrogen and oxygen atoms in total. The van der Waals surface area contributed by atoms with E-state index in [1.165, 1.54) is 7.11 Å². The van der Waals surface area contributed by atoms with E-state index in [4.69, 9.17) is 4.74 Å². The highest BCUT2D eigenvalue weighted by Gasteiger charge is 2.03. The van der Waals surface area contributed by atoms with Gasteiger partial charge >= 0.3 is 11.9 Å². The molecule has 6 heteroatoms. The molecule has 0 bridgehead atoms. The molecule has 0 amide bonds. The van der Waals surface area contributed by atoms with Crippen LogP contribution in [0.4, 0.5) is 0 Å². The predicted octanol–water partition coefficient (Wildman–Crippen LogP) is 1.81. The Morgan fingerprint density at radius 1 is 1.05 bits per heavy atom. The minimum absolute atomic E-state index is 0.457. The molecule has 0 radical (unpaired) electrons. The lowest BCUT2D eigenvalue weighted by Gasteiger charge is -2.10. The lowest BCUT2D eigenvalue weighted by atomic mass is 10.6. The van der Waals surface area contributed by atoms with Crippen molar-refractivity contribution in [2.45, 2.75) is 33.4 Å². The minimum atomic E-state index is -0.490. The summed E-state index contributed by atoms with van der Waals surface area (Å²) in [5.74, 6) is -0.926. The molecule has 0 aliphatic carbocycles. The highest BCUT2D eigenvalue weighted by atomic mass is 16.7. The molecule has 0 rings (SSSR count). The molecule has 0 heterocycles. The number of methoxy groups -OCH3 is 1. The second-order valence-corrected chi connectivity index (χ2v) is 3.11. The van der Waals surface area contributed by atoms with Gasteiger partial charge in [-0.25, -0.2) is 9.59 Å². The van der Waals surface area contributed by atoms with E-state index in [1.54, 1.807) is 13.8 Å². The number of carbonyl (C=O) groups is 2. The fourth-order valence-corrected chi connectivity index (χ4v) is 0.740. The third-order valence-corrected chi connectivity index (χ3v) is 1.63. The number of hydrogen-bond donors (Lipinski definition) is 0. The van der Waals surface area contributed by atoms with Gasteiger partial charge in [-0.2, -0.15) is 0 Å². The van der Waals surface area contributed by atoms with E-state index in [0.717, 1.165) is 12.2 Å². The first-order valence-electron chi connectivity index (χ1n) is 5.71.